The van der Waals surface area contributed by atoms with Crippen LogP contribution >= 0.6 is 11.3 Å². The van der Waals surface area contributed by atoms with Crippen molar-refractivity contribution in [3.63, 3.8) is 0 Å². The molecule has 36 heavy (non-hydrogen) atoms. The number of thiazole rings is 1. The summed E-state index contributed by atoms with van der Waals surface area (Å²) in [7, 11) is -3.72. The Hall–Kier alpha value is -3.33. The van der Waals surface area contributed by atoms with Crippen molar-refractivity contribution < 1.29 is 18.1 Å². The van der Waals surface area contributed by atoms with Gasteiger partial charge in [-0.2, -0.15) is 9.30 Å². The molecule has 0 saturated heterocycles. The summed E-state index contributed by atoms with van der Waals surface area (Å²) in [5.41, 5.74) is 0.629. The fourth-order valence-electron chi connectivity index (χ4n) is 3.66. The fraction of sp³-hybridized carbons (Fsp3) is 0.360. The van der Waals surface area contributed by atoms with Crippen LogP contribution in [0, 0.1) is 34.3 Å². The van der Waals surface area contributed by atoms with Crippen molar-refractivity contribution in [3.05, 3.63) is 62.9 Å². The molecule has 0 aliphatic rings. The number of fused-ring (bicyclic) bond motifs is 1. The van der Waals surface area contributed by atoms with Gasteiger partial charge in [0.15, 0.2) is 4.80 Å². The standard InChI is InChI=1S/C25H28N4O5S2/c1-6-13-28-22-14-20(29(31)32)9-12-23(22)35-25(28)26-24(30)19-7-10-21(11-8-19)36(33,34)27(15-17(2)3)16-18(4)5/h1,7-12,14,17-18H,13,15-16H2,2-5H3. The molecule has 190 valence electrons. The van der Waals surface area contributed by atoms with Gasteiger partial charge < -0.3 is 4.57 Å². The summed E-state index contributed by atoms with van der Waals surface area (Å²) in [5.74, 6) is 2.23. The van der Waals surface area contributed by atoms with Gasteiger partial charge in [-0.15, -0.1) is 6.42 Å². The van der Waals surface area contributed by atoms with Crippen molar-refractivity contribution in [2.45, 2.75) is 39.1 Å². The third kappa shape index (κ3) is 6.07. The number of non-ortho nitro benzene ring substituents is 1. The van der Waals surface area contributed by atoms with Crippen LogP contribution in [-0.4, -0.2) is 41.2 Å². The molecule has 0 bridgehead atoms. The van der Waals surface area contributed by atoms with Gasteiger partial charge in [-0.05, 0) is 42.2 Å². The van der Waals surface area contributed by atoms with E-state index in [1.54, 1.807) is 10.6 Å². The number of amides is 1. The molecule has 9 nitrogen and oxygen atoms in total. The molecule has 3 aromatic rings. The van der Waals surface area contributed by atoms with Gasteiger partial charge in [-0.25, -0.2) is 8.42 Å². The summed E-state index contributed by atoms with van der Waals surface area (Å²) in [4.78, 5) is 28.2. The van der Waals surface area contributed by atoms with Crippen LogP contribution in [0.15, 0.2) is 52.4 Å². The smallest absolute Gasteiger partial charge is 0.279 e. The van der Waals surface area contributed by atoms with Crippen molar-refractivity contribution in [2.75, 3.05) is 13.1 Å². The van der Waals surface area contributed by atoms with Crippen molar-refractivity contribution >= 4 is 43.2 Å². The number of rotatable bonds is 9. The molecule has 11 heteroatoms. The molecule has 0 radical (unpaired) electrons. The van der Waals surface area contributed by atoms with Crippen LogP contribution in [0.5, 0.6) is 0 Å². The van der Waals surface area contributed by atoms with E-state index in [0.717, 1.165) is 0 Å². The average Bonchev–Trinajstić information content (AvgIpc) is 3.14. The second kappa shape index (κ2) is 11.2. The van der Waals surface area contributed by atoms with Crippen LogP contribution in [0.3, 0.4) is 0 Å². The van der Waals surface area contributed by atoms with Crippen molar-refractivity contribution in [1.82, 2.24) is 8.87 Å². The second-order valence-electron chi connectivity index (χ2n) is 9.14. The topological polar surface area (TPSA) is 115 Å². The van der Waals surface area contributed by atoms with Gasteiger partial charge in [-0.3, -0.25) is 14.9 Å². The van der Waals surface area contributed by atoms with Gasteiger partial charge >= 0.3 is 0 Å². The second-order valence-corrected chi connectivity index (χ2v) is 12.1. The Morgan fingerprint density at radius 1 is 1.14 bits per heavy atom. The number of nitro groups is 1. The van der Waals surface area contributed by atoms with Crippen molar-refractivity contribution in [3.8, 4) is 12.3 Å². The lowest BCUT2D eigenvalue weighted by Crippen LogP contribution is -2.37. The molecule has 0 saturated carbocycles. The molecule has 0 aliphatic heterocycles. The third-order valence-corrected chi connectivity index (χ3v) is 8.10. The molecule has 1 aromatic heterocycles. The van der Waals surface area contributed by atoms with Crippen molar-refractivity contribution in [1.29, 1.82) is 0 Å². The largest absolute Gasteiger partial charge is 0.304 e. The summed E-state index contributed by atoms with van der Waals surface area (Å²) in [6.07, 6.45) is 5.47. The van der Waals surface area contributed by atoms with E-state index in [1.165, 1.54) is 52.0 Å². The highest BCUT2D eigenvalue weighted by molar-refractivity contribution is 7.89. The summed E-state index contributed by atoms with van der Waals surface area (Å²) < 4.78 is 30.2. The summed E-state index contributed by atoms with van der Waals surface area (Å²) in [6, 6.07) is 10.1. The normalized spacial score (nSPS) is 12.6. The van der Waals surface area contributed by atoms with E-state index in [2.05, 4.69) is 10.9 Å². The molecule has 0 N–H and O–H groups in total. The summed E-state index contributed by atoms with van der Waals surface area (Å²) >= 11 is 1.18. The molecular formula is C25H28N4O5S2. The lowest BCUT2D eigenvalue weighted by molar-refractivity contribution is -0.384. The molecule has 0 aliphatic carbocycles. The highest BCUT2D eigenvalue weighted by Crippen LogP contribution is 2.23. The van der Waals surface area contributed by atoms with E-state index < -0.39 is 20.9 Å². The van der Waals surface area contributed by atoms with E-state index in [4.69, 9.17) is 6.42 Å². The number of aromatic nitrogens is 1. The molecule has 1 heterocycles. The first-order valence-corrected chi connectivity index (χ1v) is 13.6. The van der Waals surface area contributed by atoms with Gasteiger partial charge in [0.1, 0.15) is 0 Å². The van der Waals surface area contributed by atoms with E-state index in [9.17, 15) is 23.3 Å². The van der Waals surface area contributed by atoms with E-state index in [1.807, 2.05) is 27.7 Å². The minimum absolute atomic E-state index is 0.0754. The number of carbonyl (C=O) groups excluding carboxylic acids is 1. The molecule has 0 atom stereocenters. The Morgan fingerprint density at radius 3 is 2.28 bits per heavy atom. The molecular weight excluding hydrogens is 500 g/mol. The van der Waals surface area contributed by atoms with Gasteiger partial charge in [0.25, 0.3) is 11.6 Å². The number of carbonyl (C=O) groups is 1. The first-order valence-electron chi connectivity index (χ1n) is 11.3. The number of sulfonamides is 1. The Balaban J connectivity index is 1.97. The average molecular weight is 529 g/mol. The molecule has 2 aromatic carbocycles. The molecule has 1 amide bonds. The van der Waals surface area contributed by atoms with Crippen LogP contribution in [0.25, 0.3) is 10.2 Å². The Kier molecular flexibility index (Phi) is 8.45. The van der Waals surface area contributed by atoms with Gasteiger partial charge in [-0.1, -0.05) is 45.0 Å². The minimum Gasteiger partial charge on any atom is -0.304 e. The number of benzene rings is 2. The highest BCUT2D eigenvalue weighted by atomic mass is 32.2. The van der Waals surface area contributed by atoms with Crippen LogP contribution < -0.4 is 4.80 Å². The van der Waals surface area contributed by atoms with E-state index >= 15 is 0 Å². The van der Waals surface area contributed by atoms with Gasteiger partial charge in [0.05, 0.1) is 26.6 Å². The number of nitro benzene ring substituents is 1. The van der Waals surface area contributed by atoms with Gasteiger partial charge in [0, 0.05) is 30.8 Å². The zero-order valence-corrected chi connectivity index (χ0v) is 22.2. The maximum Gasteiger partial charge on any atom is 0.279 e. The SMILES string of the molecule is C#CCn1c(=NC(=O)c2ccc(S(=O)(=O)N(CC(C)C)CC(C)C)cc2)sc2ccc([N+](=O)[O-])cc21. The van der Waals surface area contributed by atoms with E-state index in [0.29, 0.717) is 28.1 Å². The summed E-state index contributed by atoms with van der Waals surface area (Å²) in [5, 5.41) is 11.2. The van der Waals surface area contributed by atoms with Gasteiger partial charge in [0.2, 0.25) is 10.0 Å². The van der Waals surface area contributed by atoms with Crippen LogP contribution in [0.2, 0.25) is 0 Å². The zero-order chi connectivity index (χ0) is 26.6. The van der Waals surface area contributed by atoms with Crippen LogP contribution in [-0.2, 0) is 16.6 Å². The maximum absolute atomic E-state index is 13.2. The minimum atomic E-state index is -3.72. The zero-order valence-electron chi connectivity index (χ0n) is 20.5. The monoisotopic (exact) mass is 528 g/mol. The summed E-state index contributed by atoms with van der Waals surface area (Å²) in [6.45, 7) is 8.72. The number of hydrogen-bond donors (Lipinski definition) is 0. The number of hydrogen-bond acceptors (Lipinski definition) is 6. The van der Waals surface area contributed by atoms with Crippen LogP contribution in [0.4, 0.5) is 5.69 Å². The Labute approximate surface area is 214 Å². The predicted molar refractivity (Wildman–Crippen MR) is 140 cm³/mol. The highest BCUT2D eigenvalue weighted by Gasteiger charge is 2.26. The molecule has 0 unspecified atom stereocenters. The van der Waals surface area contributed by atoms with Crippen molar-refractivity contribution in [2.24, 2.45) is 16.8 Å². The predicted octanol–water partition coefficient (Wildman–Crippen LogP) is 4.29. The molecule has 3 rings (SSSR count). The quantitative estimate of drug-likeness (QED) is 0.233. The van der Waals surface area contributed by atoms with E-state index in [-0.39, 0.29) is 34.5 Å². The Bertz CT molecular complexity index is 1480. The lowest BCUT2D eigenvalue weighted by Gasteiger charge is -2.25. The maximum atomic E-state index is 13.2. The van der Waals surface area contributed by atoms with Crippen LogP contribution in [0.1, 0.15) is 38.1 Å². The number of terminal acetylenes is 1. The Morgan fingerprint density at radius 2 is 1.75 bits per heavy atom. The fourth-order valence-corrected chi connectivity index (χ4v) is 6.43. The number of nitrogens with zero attached hydrogens (tertiary/aromatic N) is 4. The first kappa shape index (κ1) is 27.3. The molecule has 0 fully saturated rings. The lowest BCUT2D eigenvalue weighted by atomic mass is 10.2. The first-order chi connectivity index (χ1) is 16.9. The third-order valence-electron chi connectivity index (χ3n) is 5.20. The molecule has 0 spiro atoms.